The van der Waals surface area contributed by atoms with E-state index in [2.05, 4.69) is 142 Å². The molecule has 0 heterocycles. The maximum Gasteiger partial charge on any atom is 0.0368 e. The molecule has 0 aliphatic carbocycles. The summed E-state index contributed by atoms with van der Waals surface area (Å²) < 4.78 is 2.75. The Kier molecular flexibility index (Phi) is 7.20. The Morgan fingerprint density at radius 3 is 1.22 bits per heavy atom. The summed E-state index contributed by atoms with van der Waals surface area (Å²) in [5.74, 6) is 0. The Morgan fingerprint density at radius 1 is 0.500 bits per heavy atom. The molecule has 0 spiro atoms. The number of aryl methyl sites for hydroxylation is 2. The van der Waals surface area contributed by atoms with Gasteiger partial charge >= 0.3 is 0 Å². The molecule has 1 nitrogen and oxygen atoms in total. The van der Waals surface area contributed by atoms with E-state index >= 15 is 0 Å². The van der Waals surface area contributed by atoms with E-state index in [0.717, 1.165) is 0 Å². The van der Waals surface area contributed by atoms with Crippen LogP contribution in [0.25, 0.3) is 0 Å². The van der Waals surface area contributed by atoms with Crippen LogP contribution in [0.2, 0.25) is 0 Å². The fourth-order valence-electron chi connectivity index (χ4n) is 4.43. The molecule has 0 aliphatic heterocycles. The fourth-order valence-corrected chi connectivity index (χ4v) is 7.42. The lowest BCUT2D eigenvalue weighted by Gasteiger charge is -2.42. The Bertz CT molecular complexity index is 1050. The van der Waals surface area contributed by atoms with Gasteiger partial charge in [-0.15, -0.1) is 0 Å². The molecule has 0 fully saturated rings. The first-order valence-corrected chi connectivity index (χ1v) is 12.7. The number of rotatable bonds is 7. The minimum absolute atomic E-state index is 0.261. The van der Waals surface area contributed by atoms with Gasteiger partial charge in [-0.2, -0.15) is 0 Å². The van der Waals surface area contributed by atoms with Crippen molar-refractivity contribution in [2.45, 2.75) is 39.8 Å². The SMILES string of the molecule is Cc1ccccc1P(c1ccccc1C)N([C@@H](C)c1ccccc1)[C@@H](C)c1ccccc1. The van der Waals surface area contributed by atoms with Gasteiger partial charge < -0.3 is 0 Å². The van der Waals surface area contributed by atoms with Crippen LogP contribution < -0.4 is 10.6 Å². The quantitative estimate of drug-likeness (QED) is 0.271. The second-order valence-electron chi connectivity index (χ2n) is 8.44. The third-order valence-corrected chi connectivity index (χ3v) is 9.35. The smallest absolute Gasteiger partial charge is 0.0368 e. The summed E-state index contributed by atoms with van der Waals surface area (Å²) >= 11 is 0. The number of nitrogens with zero attached hydrogens (tertiary/aromatic N) is 1. The van der Waals surface area contributed by atoms with Crippen molar-refractivity contribution in [3.63, 3.8) is 0 Å². The lowest BCUT2D eigenvalue weighted by atomic mass is 10.0. The molecule has 0 aliphatic rings. The van der Waals surface area contributed by atoms with E-state index in [0.29, 0.717) is 0 Å². The van der Waals surface area contributed by atoms with Crippen LogP contribution in [-0.4, -0.2) is 4.67 Å². The van der Waals surface area contributed by atoms with Gasteiger partial charge in [0, 0.05) is 20.2 Å². The molecule has 0 unspecified atom stereocenters. The van der Waals surface area contributed by atoms with Crippen molar-refractivity contribution in [3.8, 4) is 0 Å². The third kappa shape index (κ3) is 4.70. The highest BCUT2D eigenvalue weighted by atomic mass is 31.1. The number of benzene rings is 4. The molecule has 2 heteroatoms. The van der Waals surface area contributed by atoms with Gasteiger partial charge in [-0.25, -0.2) is 0 Å². The first kappa shape index (κ1) is 22.5. The van der Waals surface area contributed by atoms with Gasteiger partial charge in [0.15, 0.2) is 0 Å². The van der Waals surface area contributed by atoms with Crippen molar-refractivity contribution in [2.24, 2.45) is 0 Å². The normalized spacial score (nSPS) is 13.3. The van der Waals surface area contributed by atoms with Crippen molar-refractivity contribution in [2.75, 3.05) is 0 Å². The van der Waals surface area contributed by atoms with Crippen LogP contribution in [0.4, 0.5) is 0 Å². The second kappa shape index (κ2) is 10.3. The van der Waals surface area contributed by atoms with E-state index in [9.17, 15) is 0 Å². The first-order valence-electron chi connectivity index (χ1n) is 11.4. The molecule has 0 aromatic heterocycles. The van der Waals surface area contributed by atoms with Gasteiger partial charge in [0.2, 0.25) is 0 Å². The summed E-state index contributed by atoms with van der Waals surface area (Å²) in [7, 11) is -0.749. The van der Waals surface area contributed by atoms with Crippen molar-refractivity contribution < 1.29 is 0 Å². The number of hydrogen-bond acceptors (Lipinski definition) is 1. The zero-order valence-corrected chi connectivity index (χ0v) is 20.3. The molecule has 0 amide bonds. The van der Waals surface area contributed by atoms with E-state index in [1.165, 1.54) is 32.9 Å². The monoisotopic (exact) mass is 437 g/mol. The summed E-state index contributed by atoms with van der Waals surface area (Å²) in [6.45, 7) is 9.23. The molecule has 0 saturated heterocycles. The molecule has 4 aromatic carbocycles. The molecule has 162 valence electrons. The highest BCUT2D eigenvalue weighted by Gasteiger charge is 2.33. The van der Waals surface area contributed by atoms with Crippen molar-refractivity contribution in [1.29, 1.82) is 0 Å². The third-order valence-electron chi connectivity index (χ3n) is 6.28. The Labute approximate surface area is 194 Å². The minimum Gasteiger partial charge on any atom is -0.261 e. The summed E-state index contributed by atoms with van der Waals surface area (Å²) in [5, 5.41) is 2.87. The summed E-state index contributed by atoms with van der Waals surface area (Å²) in [6.07, 6.45) is 0. The highest BCUT2D eigenvalue weighted by Crippen LogP contribution is 2.51. The topological polar surface area (TPSA) is 3.24 Å². The molecule has 0 saturated carbocycles. The average Bonchev–Trinajstić information content (AvgIpc) is 2.84. The standard InChI is InChI=1S/C30H32NP/c1-23-15-11-13-21-29(23)32(30-22-14-12-16-24(30)2)31(25(3)27-17-7-5-8-18-27)26(4)28-19-9-6-10-20-28/h5-22,25-26H,1-4H3/t25-,26-/m0/s1. The largest absolute Gasteiger partial charge is 0.261 e. The zero-order chi connectivity index (χ0) is 22.5. The maximum absolute atomic E-state index is 2.75. The molecule has 0 radical (unpaired) electrons. The van der Waals surface area contributed by atoms with Crippen molar-refractivity contribution >= 4 is 18.7 Å². The summed E-state index contributed by atoms with van der Waals surface area (Å²) in [5.41, 5.74) is 5.41. The van der Waals surface area contributed by atoms with E-state index in [1.807, 2.05) is 0 Å². The molecule has 32 heavy (non-hydrogen) atoms. The summed E-state index contributed by atoms with van der Waals surface area (Å²) in [4.78, 5) is 0. The molecule has 4 aromatic rings. The van der Waals surface area contributed by atoms with Crippen LogP contribution in [-0.2, 0) is 0 Å². The van der Waals surface area contributed by atoms with Gasteiger partial charge in [-0.05, 0) is 60.6 Å². The Balaban J connectivity index is 1.94. The first-order chi connectivity index (χ1) is 15.6. The second-order valence-corrected chi connectivity index (χ2v) is 10.5. The molecular weight excluding hydrogens is 405 g/mol. The van der Waals surface area contributed by atoms with Gasteiger partial charge in [-0.1, -0.05) is 109 Å². The van der Waals surface area contributed by atoms with Gasteiger partial charge in [0.25, 0.3) is 0 Å². The molecular formula is C30H32NP. The van der Waals surface area contributed by atoms with Crippen LogP contribution in [0, 0.1) is 13.8 Å². The molecule has 0 bridgehead atoms. The average molecular weight is 438 g/mol. The zero-order valence-electron chi connectivity index (χ0n) is 19.4. The van der Waals surface area contributed by atoms with Crippen LogP contribution in [0.5, 0.6) is 0 Å². The number of hydrogen-bond donors (Lipinski definition) is 0. The van der Waals surface area contributed by atoms with Gasteiger partial charge in [-0.3, -0.25) is 4.67 Å². The van der Waals surface area contributed by atoms with Crippen molar-refractivity contribution in [3.05, 3.63) is 131 Å². The lowest BCUT2D eigenvalue weighted by molar-refractivity contribution is 0.303. The predicted octanol–water partition coefficient (Wildman–Crippen LogP) is 7.48. The lowest BCUT2D eigenvalue weighted by Crippen LogP contribution is -2.34. The van der Waals surface area contributed by atoms with E-state index in [-0.39, 0.29) is 12.1 Å². The van der Waals surface area contributed by atoms with Crippen LogP contribution in [0.3, 0.4) is 0 Å². The van der Waals surface area contributed by atoms with Crippen LogP contribution >= 0.6 is 8.07 Å². The minimum atomic E-state index is -0.749. The van der Waals surface area contributed by atoms with E-state index < -0.39 is 8.07 Å². The maximum atomic E-state index is 2.75. The van der Waals surface area contributed by atoms with Crippen LogP contribution in [0.15, 0.2) is 109 Å². The highest BCUT2D eigenvalue weighted by molar-refractivity contribution is 7.71. The predicted molar refractivity (Wildman–Crippen MR) is 140 cm³/mol. The Hall–Kier alpha value is -2.73. The van der Waals surface area contributed by atoms with Crippen molar-refractivity contribution in [1.82, 2.24) is 4.67 Å². The van der Waals surface area contributed by atoms with Gasteiger partial charge in [0.1, 0.15) is 0 Å². The summed E-state index contributed by atoms with van der Waals surface area (Å²) in [6, 6.07) is 40.2. The fraction of sp³-hybridized carbons (Fsp3) is 0.200. The van der Waals surface area contributed by atoms with E-state index in [4.69, 9.17) is 0 Å². The Morgan fingerprint density at radius 2 is 0.844 bits per heavy atom. The van der Waals surface area contributed by atoms with Crippen LogP contribution in [0.1, 0.15) is 48.2 Å². The van der Waals surface area contributed by atoms with Gasteiger partial charge in [0.05, 0.1) is 0 Å². The molecule has 4 rings (SSSR count). The molecule has 0 N–H and O–H groups in total. The van der Waals surface area contributed by atoms with E-state index in [1.54, 1.807) is 0 Å². The molecule has 2 atom stereocenters.